The summed E-state index contributed by atoms with van der Waals surface area (Å²) >= 11 is 0. The number of nitrogens with two attached hydrogens (primary N) is 1. The van der Waals surface area contributed by atoms with E-state index in [2.05, 4.69) is 13.8 Å². The van der Waals surface area contributed by atoms with Crippen LogP contribution in [0.4, 0.5) is 14.5 Å². The standard InChI is InChI=1S/C16H17F2NO/c1-10(2)12-5-3-11(4-6-12)9-20-16-8-13(17)15(19)7-14(16)18/h3-8,10H,9,19H2,1-2H3. The molecular formula is C16H17F2NO. The van der Waals surface area contributed by atoms with Crippen molar-refractivity contribution in [2.45, 2.75) is 26.4 Å². The van der Waals surface area contributed by atoms with Gasteiger partial charge in [0.15, 0.2) is 11.6 Å². The van der Waals surface area contributed by atoms with E-state index in [1.165, 1.54) is 5.56 Å². The molecule has 0 aliphatic rings. The summed E-state index contributed by atoms with van der Waals surface area (Å²) in [6.45, 7) is 4.40. The number of anilines is 1. The third-order valence-electron chi connectivity index (χ3n) is 3.09. The molecule has 0 bridgehead atoms. The van der Waals surface area contributed by atoms with Crippen LogP contribution < -0.4 is 10.5 Å². The van der Waals surface area contributed by atoms with Crippen LogP contribution in [0.2, 0.25) is 0 Å². The predicted octanol–water partition coefficient (Wildman–Crippen LogP) is 4.25. The Labute approximate surface area is 117 Å². The maximum absolute atomic E-state index is 13.5. The van der Waals surface area contributed by atoms with E-state index in [4.69, 9.17) is 10.5 Å². The SMILES string of the molecule is CC(C)c1ccc(COc2cc(F)c(N)cc2F)cc1. The molecule has 0 aliphatic carbocycles. The third-order valence-corrected chi connectivity index (χ3v) is 3.09. The molecule has 2 N–H and O–H groups in total. The summed E-state index contributed by atoms with van der Waals surface area (Å²) in [4.78, 5) is 0. The number of ether oxygens (including phenoxy) is 1. The van der Waals surface area contributed by atoms with Gasteiger partial charge in [0.2, 0.25) is 0 Å². The van der Waals surface area contributed by atoms with Gasteiger partial charge in [-0.2, -0.15) is 0 Å². The Morgan fingerprint density at radius 1 is 1.05 bits per heavy atom. The van der Waals surface area contributed by atoms with E-state index in [9.17, 15) is 8.78 Å². The molecule has 2 nitrogen and oxygen atoms in total. The zero-order chi connectivity index (χ0) is 14.7. The van der Waals surface area contributed by atoms with Crippen LogP contribution >= 0.6 is 0 Å². The largest absolute Gasteiger partial charge is 0.486 e. The molecule has 0 saturated carbocycles. The molecule has 4 heteroatoms. The van der Waals surface area contributed by atoms with Crippen molar-refractivity contribution in [2.24, 2.45) is 0 Å². The Bertz CT molecular complexity index is 594. The highest BCUT2D eigenvalue weighted by molar-refractivity contribution is 5.44. The van der Waals surface area contributed by atoms with E-state index >= 15 is 0 Å². The lowest BCUT2D eigenvalue weighted by Crippen LogP contribution is -2.00. The highest BCUT2D eigenvalue weighted by Gasteiger charge is 2.09. The molecule has 0 aromatic heterocycles. The molecule has 2 aromatic rings. The van der Waals surface area contributed by atoms with Crippen molar-refractivity contribution in [3.05, 3.63) is 59.2 Å². The minimum Gasteiger partial charge on any atom is -0.486 e. The number of rotatable bonds is 4. The summed E-state index contributed by atoms with van der Waals surface area (Å²) in [7, 11) is 0. The van der Waals surface area contributed by atoms with Crippen molar-refractivity contribution < 1.29 is 13.5 Å². The molecule has 0 amide bonds. The Kier molecular flexibility index (Phi) is 4.23. The Hall–Kier alpha value is -2.10. The lowest BCUT2D eigenvalue weighted by atomic mass is 10.0. The van der Waals surface area contributed by atoms with E-state index in [0.29, 0.717) is 5.92 Å². The van der Waals surface area contributed by atoms with E-state index < -0.39 is 11.6 Å². The normalized spacial score (nSPS) is 10.8. The summed E-state index contributed by atoms with van der Waals surface area (Å²) in [5, 5.41) is 0. The number of benzene rings is 2. The molecular weight excluding hydrogens is 260 g/mol. The number of halogens is 2. The van der Waals surface area contributed by atoms with E-state index in [-0.39, 0.29) is 18.0 Å². The van der Waals surface area contributed by atoms with Gasteiger partial charge in [0.1, 0.15) is 12.4 Å². The van der Waals surface area contributed by atoms with Crippen LogP contribution in [0.3, 0.4) is 0 Å². The predicted molar refractivity (Wildman–Crippen MR) is 75.6 cm³/mol. The molecule has 0 unspecified atom stereocenters. The van der Waals surface area contributed by atoms with Crippen LogP contribution in [0, 0.1) is 11.6 Å². The van der Waals surface area contributed by atoms with Crippen LogP contribution in [0.25, 0.3) is 0 Å². The Morgan fingerprint density at radius 2 is 1.70 bits per heavy atom. The average Bonchev–Trinajstić information content (AvgIpc) is 2.42. The summed E-state index contributed by atoms with van der Waals surface area (Å²) in [5.74, 6) is -1.03. The molecule has 2 rings (SSSR count). The quantitative estimate of drug-likeness (QED) is 0.848. The monoisotopic (exact) mass is 277 g/mol. The molecule has 0 saturated heterocycles. The van der Waals surface area contributed by atoms with Gasteiger partial charge in [0.05, 0.1) is 5.69 Å². The van der Waals surface area contributed by atoms with Crippen LogP contribution in [0.5, 0.6) is 5.75 Å². The number of hydrogen-bond acceptors (Lipinski definition) is 2. The highest BCUT2D eigenvalue weighted by Crippen LogP contribution is 2.24. The first kappa shape index (κ1) is 14.3. The molecule has 106 valence electrons. The van der Waals surface area contributed by atoms with Gasteiger partial charge in [-0.05, 0) is 17.0 Å². The van der Waals surface area contributed by atoms with Gasteiger partial charge in [-0.25, -0.2) is 8.78 Å². The second kappa shape index (κ2) is 5.90. The van der Waals surface area contributed by atoms with Crippen LogP contribution in [0.1, 0.15) is 30.9 Å². The molecule has 0 spiro atoms. The lowest BCUT2D eigenvalue weighted by Gasteiger charge is -2.10. The van der Waals surface area contributed by atoms with Crippen LogP contribution in [-0.2, 0) is 6.61 Å². The number of nitrogen functional groups attached to an aromatic ring is 1. The number of hydrogen-bond donors (Lipinski definition) is 1. The molecule has 2 aromatic carbocycles. The van der Waals surface area contributed by atoms with Crippen molar-refractivity contribution in [1.82, 2.24) is 0 Å². The lowest BCUT2D eigenvalue weighted by molar-refractivity contribution is 0.288. The summed E-state index contributed by atoms with van der Waals surface area (Å²) < 4.78 is 32.1. The van der Waals surface area contributed by atoms with Crippen molar-refractivity contribution >= 4 is 5.69 Å². The minimum absolute atomic E-state index is 0.135. The van der Waals surface area contributed by atoms with Crippen LogP contribution in [0.15, 0.2) is 36.4 Å². The Balaban J connectivity index is 2.07. The highest BCUT2D eigenvalue weighted by atomic mass is 19.1. The van der Waals surface area contributed by atoms with E-state index in [1.807, 2.05) is 24.3 Å². The molecule has 0 atom stereocenters. The minimum atomic E-state index is -0.684. The zero-order valence-electron chi connectivity index (χ0n) is 11.5. The Morgan fingerprint density at radius 3 is 2.30 bits per heavy atom. The van der Waals surface area contributed by atoms with Gasteiger partial charge in [0.25, 0.3) is 0 Å². The molecule has 0 radical (unpaired) electrons. The van der Waals surface area contributed by atoms with Crippen molar-refractivity contribution in [3.63, 3.8) is 0 Å². The second-order valence-corrected chi connectivity index (χ2v) is 4.99. The van der Waals surface area contributed by atoms with Crippen LogP contribution in [-0.4, -0.2) is 0 Å². The molecule has 0 heterocycles. The van der Waals surface area contributed by atoms with E-state index in [0.717, 1.165) is 17.7 Å². The van der Waals surface area contributed by atoms with Crippen molar-refractivity contribution in [3.8, 4) is 5.75 Å². The first-order chi connectivity index (χ1) is 9.47. The van der Waals surface area contributed by atoms with E-state index in [1.54, 1.807) is 0 Å². The molecule has 0 aliphatic heterocycles. The first-order valence-corrected chi connectivity index (χ1v) is 6.43. The van der Waals surface area contributed by atoms with Gasteiger partial charge in [-0.3, -0.25) is 0 Å². The maximum atomic E-state index is 13.5. The van der Waals surface area contributed by atoms with Gasteiger partial charge in [-0.15, -0.1) is 0 Å². The summed E-state index contributed by atoms with van der Waals surface area (Å²) in [5.41, 5.74) is 7.16. The fourth-order valence-electron chi connectivity index (χ4n) is 1.81. The smallest absolute Gasteiger partial charge is 0.167 e. The van der Waals surface area contributed by atoms with Gasteiger partial charge in [-0.1, -0.05) is 38.1 Å². The van der Waals surface area contributed by atoms with Crippen molar-refractivity contribution in [1.29, 1.82) is 0 Å². The third kappa shape index (κ3) is 3.26. The summed E-state index contributed by atoms with van der Waals surface area (Å²) in [6, 6.07) is 9.73. The summed E-state index contributed by atoms with van der Waals surface area (Å²) in [6.07, 6.45) is 0. The zero-order valence-corrected chi connectivity index (χ0v) is 11.5. The first-order valence-electron chi connectivity index (χ1n) is 6.43. The van der Waals surface area contributed by atoms with Gasteiger partial charge < -0.3 is 10.5 Å². The average molecular weight is 277 g/mol. The second-order valence-electron chi connectivity index (χ2n) is 4.99. The molecule has 0 fully saturated rings. The van der Waals surface area contributed by atoms with Gasteiger partial charge >= 0.3 is 0 Å². The fourth-order valence-corrected chi connectivity index (χ4v) is 1.81. The maximum Gasteiger partial charge on any atom is 0.167 e. The topological polar surface area (TPSA) is 35.2 Å². The molecule has 20 heavy (non-hydrogen) atoms. The van der Waals surface area contributed by atoms with Gasteiger partial charge in [0, 0.05) is 12.1 Å². The fraction of sp³-hybridized carbons (Fsp3) is 0.250. The van der Waals surface area contributed by atoms with Crippen molar-refractivity contribution in [2.75, 3.05) is 5.73 Å².